The van der Waals surface area contributed by atoms with Crippen LogP contribution in [0.3, 0.4) is 0 Å². The second-order valence-electron chi connectivity index (χ2n) is 16.0. The molecule has 52 heavy (non-hydrogen) atoms. The Balaban J connectivity index is 3.63. The number of carbonyl (C=O) groups is 1. The van der Waals surface area contributed by atoms with Gasteiger partial charge in [-0.05, 0) is 44.9 Å². The van der Waals surface area contributed by atoms with E-state index in [4.69, 9.17) is 0 Å². The maximum Gasteiger partial charge on any atom is 0.222 e. The summed E-state index contributed by atoms with van der Waals surface area (Å²) in [6.07, 6.45) is 51.5. The van der Waals surface area contributed by atoms with Gasteiger partial charge in [0.2, 0.25) is 5.91 Å². The van der Waals surface area contributed by atoms with Crippen LogP contribution in [0.5, 0.6) is 0 Å². The first-order chi connectivity index (χ1) is 25.5. The van der Waals surface area contributed by atoms with Crippen LogP contribution in [0.15, 0.2) is 24.3 Å². The van der Waals surface area contributed by atoms with Gasteiger partial charge in [-0.2, -0.15) is 0 Å². The molecule has 0 aromatic carbocycles. The zero-order chi connectivity index (χ0) is 38.0. The summed E-state index contributed by atoms with van der Waals surface area (Å²) in [5, 5.41) is 33.4. The van der Waals surface area contributed by atoms with Crippen LogP contribution in [0.1, 0.15) is 245 Å². The first kappa shape index (κ1) is 50.8. The Morgan fingerprint density at radius 3 is 1.21 bits per heavy atom. The topological polar surface area (TPSA) is 89.8 Å². The van der Waals surface area contributed by atoms with Gasteiger partial charge >= 0.3 is 0 Å². The van der Waals surface area contributed by atoms with Crippen LogP contribution < -0.4 is 5.32 Å². The molecule has 3 unspecified atom stereocenters. The highest BCUT2D eigenvalue weighted by atomic mass is 16.3. The number of amides is 1. The molecule has 5 nitrogen and oxygen atoms in total. The van der Waals surface area contributed by atoms with Crippen LogP contribution in [0.25, 0.3) is 0 Å². The fourth-order valence-corrected chi connectivity index (χ4v) is 7.20. The molecule has 3 atom stereocenters. The summed E-state index contributed by atoms with van der Waals surface area (Å²) >= 11 is 0. The summed E-state index contributed by atoms with van der Waals surface area (Å²) in [6, 6.07) is -0.661. The maximum absolute atomic E-state index is 12.5. The van der Waals surface area contributed by atoms with Gasteiger partial charge in [0.25, 0.3) is 0 Å². The molecule has 0 saturated carbocycles. The lowest BCUT2D eigenvalue weighted by Crippen LogP contribution is -2.46. The van der Waals surface area contributed by atoms with E-state index in [1.54, 1.807) is 0 Å². The van der Waals surface area contributed by atoms with E-state index in [2.05, 4.69) is 43.5 Å². The fourth-order valence-electron chi connectivity index (χ4n) is 7.20. The van der Waals surface area contributed by atoms with Crippen molar-refractivity contribution in [3.8, 4) is 0 Å². The minimum Gasteiger partial charge on any atom is -0.394 e. The van der Waals surface area contributed by atoms with Crippen molar-refractivity contribution in [2.24, 2.45) is 0 Å². The van der Waals surface area contributed by atoms with Gasteiger partial charge in [0, 0.05) is 0 Å². The number of aliphatic hydroxyl groups excluding tert-OH is 3. The molecular weight excluding hydrogens is 643 g/mol. The highest BCUT2D eigenvalue weighted by Gasteiger charge is 2.21. The number of allylic oxidation sites excluding steroid dienone is 4. The highest BCUT2D eigenvalue weighted by Crippen LogP contribution is 2.16. The molecule has 4 N–H and O–H groups in total. The van der Waals surface area contributed by atoms with E-state index in [1.165, 1.54) is 167 Å². The number of rotatable bonds is 42. The largest absolute Gasteiger partial charge is 0.394 e. The molecule has 0 rings (SSSR count). The summed E-state index contributed by atoms with van der Waals surface area (Å²) in [4.78, 5) is 12.5. The van der Waals surface area contributed by atoms with Gasteiger partial charge in [0.05, 0.1) is 31.3 Å². The predicted molar refractivity (Wildman–Crippen MR) is 227 cm³/mol. The van der Waals surface area contributed by atoms with Crippen molar-refractivity contribution in [1.82, 2.24) is 5.32 Å². The van der Waals surface area contributed by atoms with E-state index >= 15 is 0 Å². The molecule has 0 aliphatic carbocycles. The number of hydrogen-bond acceptors (Lipinski definition) is 4. The summed E-state index contributed by atoms with van der Waals surface area (Å²) in [5.74, 6) is -0.289. The average Bonchev–Trinajstić information content (AvgIpc) is 3.14. The second-order valence-corrected chi connectivity index (χ2v) is 16.0. The Morgan fingerprint density at radius 1 is 0.481 bits per heavy atom. The lowest BCUT2D eigenvalue weighted by atomic mass is 10.0. The molecular formula is C47H91NO4. The van der Waals surface area contributed by atoms with Crippen LogP contribution in [0.4, 0.5) is 0 Å². The number of nitrogens with one attached hydrogen (secondary N) is 1. The van der Waals surface area contributed by atoms with Crippen molar-refractivity contribution < 1.29 is 20.1 Å². The van der Waals surface area contributed by atoms with Crippen molar-refractivity contribution in [2.75, 3.05) is 6.61 Å². The van der Waals surface area contributed by atoms with E-state index in [9.17, 15) is 20.1 Å². The molecule has 0 bridgehead atoms. The van der Waals surface area contributed by atoms with Gasteiger partial charge in [-0.25, -0.2) is 0 Å². The zero-order valence-corrected chi connectivity index (χ0v) is 35.0. The van der Waals surface area contributed by atoms with Crippen LogP contribution in [0.2, 0.25) is 0 Å². The molecule has 0 saturated heterocycles. The van der Waals surface area contributed by atoms with E-state index < -0.39 is 18.2 Å². The van der Waals surface area contributed by atoms with Gasteiger partial charge in [0.15, 0.2) is 0 Å². The lowest BCUT2D eigenvalue weighted by molar-refractivity contribution is -0.125. The standard InChI is InChI=1S/C47H91NO4/c1-3-5-7-9-11-13-15-17-19-21-22-23-24-25-26-28-30-32-34-36-38-40-44(50)42-47(52)48-45(43-49)46(51)41-39-37-35-33-31-29-27-20-18-16-14-12-10-8-6-4-2/h22-23,25-26,44-46,49-51H,3-21,24,27-43H2,1-2H3,(H,48,52)/b23-22-,26-25-. The SMILES string of the molecule is CCCCCCCCCCC/C=C\C/C=C\CCCCCCCC(O)CC(=O)NC(CO)C(O)CCCCCCCCCCCCCCCCCC. The third-order valence-electron chi connectivity index (χ3n) is 10.8. The van der Waals surface area contributed by atoms with Crippen LogP contribution in [-0.2, 0) is 4.79 Å². The minimum absolute atomic E-state index is 0.0285. The van der Waals surface area contributed by atoms with E-state index in [0.29, 0.717) is 12.8 Å². The Labute approximate surface area is 324 Å². The monoisotopic (exact) mass is 734 g/mol. The molecule has 1 amide bonds. The third-order valence-corrected chi connectivity index (χ3v) is 10.8. The zero-order valence-electron chi connectivity index (χ0n) is 35.0. The number of aliphatic hydroxyl groups is 3. The van der Waals surface area contributed by atoms with Crippen molar-refractivity contribution in [2.45, 2.75) is 263 Å². The molecule has 0 radical (unpaired) electrons. The minimum atomic E-state index is -0.751. The molecule has 0 aliphatic heterocycles. The van der Waals surface area contributed by atoms with Gasteiger partial charge in [-0.3, -0.25) is 4.79 Å². The summed E-state index contributed by atoms with van der Waals surface area (Å²) in [6.45, 7) is 4.27. The Bertz CT molecular complexity index is 768. The number of hydrogen-bond donors (Lipinski definition) is 4. The number of carbonyl (C=O) groups excluding carboxylic acids is 1. The quantitative estimate of drug-likeness (QED) is 0.0371. The van der Waals surface area contributed by atoms with Crippen LogP contribution in [-0.4, -0.2) is 46.1 Å². The van der Waals surface area contributed by atoms with Gasteiger partial charge in [-0.1, -0.05) is 218 Å². The molecule has 0 fully saturated rings. The molecule has 0 aromatic rings. The molecule has 308 valence electrons. The summed E-state index contributed by atoms with van der Waals surface area (Å²) < 4.78 is 0. The van der Waals surface area contributed by atoms with Crippen molar-refractivity contribution in [3.63, 3.8) is 0 Å². The van der Waals surface area contributed by atoms with E-state index in [0.717, 1.165) is 44.9 Å². The average molecular weight is 734 g/mol. The molecule has 0 spiro atoms. The number of unbranched alkanes of at least 4 members (excludes halogenated alkanes) is 29. The molecule has 0 aliphatic rings. The molecule has 5 heteroatoms. The smallest absolute Gasteiger partial charge is 0.222 e. The van der Waals surface area contributed by atoms with E-state index in [1.807, 2.05) is 0 Å². The summed E-state index contributed by atoms with van der Waals surface area (Å²) in [5.41, 5.74) is 0. The molecule has 0 heterocycles. The van der Waals surface area contributed by atoms with Crippen LogP contribution >= 0.6 is 0 Å². The lowest BCUT2D eigenvalue weighted by Gasteiger charge is -2.23. The normalized spacial score (nSPS) is 13.7. The van der Waals surface area contributed by atoms with Gasteiger partial charge in [-0.15, -0.1) is 0 Å². The van der Waals surface area contributed by atoms with Crippen molar-refractivity contribution >= 4 is 5.91 Å². The Hall–Kier alpha value is -1.17. The van der Waals surface area contributed by atoms with Crippen molar-refractivity contribution in [3.05, 3.63) is 24.3 Å². The Kier molecular flexibility index (Phi) is 41.6. The fraction of sp³-hybridized carbons (Fsp3) is 0.894. The summed E-state index contributed by atoms with van der Waals surface area (Å²) in [7, 11) is 0. The van der Waals surface area contributed by atoms with E-state index in [-0.39, 0.29) is 18.9 Å². The van der Waals surface area contributed by atoms with Crippen LogP contribution in [0, 0.1) is 0 Å². The van der Waals surface area contributed by atoms with Gasteiger partial charge < -0.3 is 20.6 Å². The molecule has 0 aromatic heterocycles. The van der Waals surface area contributed by atoms with Gasteiger partial charge in [0.1, 0.15) is 0 Å². The second kappa shape index (κ2) is 42.6. The first-order valence-corrected chi connectivity index (χ1v) is 23.1. The Morgan fingerprint density at radius 2 is 0.827 bits per heavy atom. The predicted octanol–water partition coefficient (Wildman–Crippen LogP) is 13.4. The third kappa shape index (κ3) is 38.6. The van der Waals surface area contributed by atoms with Crippen molar-refractivity contribution in [1.29, 1.82) is 0 Å². The highest BCUT2D eigenvalue weighted by molar-refractivity contribution is 5.76. The maximum atomic E-state index is 12.5. The first-order valence-electron chi connectivity index (χ1n) is 23.1.